The molecule has 0 radical (unpaired) electrons. The van der Waals surface area contributed by atoms with E-state index in [0.29, 0.717) is 12.3 Å². The van der Waals surface area contributed by atoms with Crippen molar-refractivity contribution in [2.75, 3.05) is 12.3 Å². The molecule has 0 spiro atoms. The Balaban J connectivity index is 1.33. The predicted octanol–water partition coefficient (Wildman–Crippen LogP) is 9.22. The standard InChI is InChI=1S/C45H46O6P2/c46-44(47)50-52(38-24-10-4-11-25-38,39-26-12-5-13-27-39,40-28-14-6-15-29-40)36-22-2-1-3-23-37-53(51-45(48)49,41-30-16-7-17-31-41,42-32-18-8-19-33-42)43-34-20-9-21-35-43/h4-21,24-35H,1-3,22-23,36-37H2,(H,46,47)(H,48,49). The number of hydrogen-bond acceptors (Lipinski definition) is 4. The second kappa shape index (κ2) is 16.2. The third kappa shape index (κ3) is 6.86. The van der Waals surface area contributed by atoms with Gasteiger partial charge in [0.05, 0.1) is 0 Å². The Labute approximate surface area is 312 Å². The molecular formula is C45H46O6P2. The van der Waals surface area contributed by atoms with Crippen molar-refractivity contribution in [3.63, 3.8) is 0 Å². The first-order valence-corrected chi connectivity index (χ1v) is 22.7. The molecule has 6 nitrogen and oxygen atoms in total. The predicted molar refractivity (Wildman–Crippen MR) is 221 cm³/mol. The van der Waals surface area contributed by atoms with Crippen LogP contribution in [0, 0.1) is 0 Å². The molecule has 6 rings (SSSR count). The third-order valence-electron chi connectivity index (χ3n) is 10.5. The van der Waals surface area contributed by atoms with Crippen molar-refractivity contribution >= 4 is 57.8 Å². The van der Waals surface area contributed by atoms with Crippen LogP contribution in [0.15, 0.2) is 182 Å². The molecule has 0 saturated heterocycles. The summed E-state index contributed by atoms with van der Waals surface area (Å²) in [7, 11) is 0. The summed E-state index contributed by atoms with van der Waals surface area (Å²) in [6.07, 6.45) is 2.36. The molecule has 0 fully saturated rings. The molecule has 0 bridgehead atoms. The van der Waals surface area contributed by atoms with Crippen molar-refractivity contribution < 1.29 is 28.8 Å². The minimum absolute atomic E-state index is 0.510. The fourth-order valence-corrected chi connectivity index (χ4v) is 19.6. The zero-order valence-electron chi connectivity index (χ0n) is 29.7. The molecule has 272 valence electrons. The summed E-state index contributed by atoms with van der Waals surface area (Å²) < 4.78 is 12.9. The molecule has 0 aliphatic heterocycles. The van der Waals surface area contributed by atoms with E-state index in [9.17, 15) is 19.8 Å². The van der Waals surface area contributed by atoms with Gasteiger partial charge in [-0.2, -0.15) is 0 Å². The summed E-state index contributed by atoms with van der Waals surface area (Å²) in [6, 6.07) is 59.1. The van der Waals surface area contributed by atoms with Crippen LogP contribution in [0.5, 0.6) is 0 Å². The van der Waals surface area contributed by atoms with Gasteiger partial charge in [-0.25, -0.2) is 0 Å². The van der Waals surface area contributed by atoms with Gasteiger partial charge in [0.25, 0.3) is 0 Å². The van der Waals surface area contributed by atoms with Crippen LogP contribution in [0.1, 0.15) is 32.1 Å². The molecule has 0 saturated carbocycles. The first-order valence-electron chi connectivity index (χ1n) is 18.1. The summed E-state index contributed by atoms with van der Waals surface area (Å²) >= 11 is 0. The van der Waals surface area contributed by atoms with E-state index >= 15 is 0 Å². The van der Waals surface area contributed by atoms with Gasteiger partial charge < -0.3 is 0 Å². The number of carboxylic acid groups (broad SMARTS) is 2. The third-order valence-corrected chi connectivity index (χ3v) is 22.3. The Morgan fingerprint density at radius 1 is 0.340 bits per heavy atom. The molecule has 0 heterocycles. The fourth-order valence-electron chi connectivity index (χ4n) is 8.24. The van der Waals surface area contributed by atoms with E-state index in [4.69, 9.17) is 9.05 Å². The van der Waals surface area contributed by atoms with E-state index in [1.807, 2.05) is 182 Å². The maximum atomic E-state index is 12.8. The van der Waals surface area contributed by atoms with E-state index in [2.05, 4.69) is 0 Å². The summed E-state index contributed by atoms with van der Waals surface area (Å²) in [4.78, 5) is 25.7. The van der Waals surface area contributed by atoms with Gasteiger partial charge in [-0.15, -0.1) is 0 Å². The van der Waals surface area contributed by atoms with Crippen LogP contribution in [0.4, 0.5) is 9.59 Å². The second-order valence-electron chi connectivity index (χ2n) is 13.4. The van der Waals surface area contributed by atoms with Gasteiger partial charge in [-0.1, -0.05) is 0 Å². The Hall–Kier alpha value is -5.28. The maximum absolute atomic E-state index is 12.8. The van der Waals surface area contributed by atoms with Gasteiger partial charge in [-0.05, 0) is 0 Å². The van der Waals surface area contributed by atoms with Crippen molar-refractivity contribution in [2.24, 2.45) is 0 Å². The quantitative estimate of drug-likeness (QED) is 0.0759. The summed E-state index contributed by atoms with van der Waals surface area (Å²) in [5.74, 6) is 0. The molecule has 0 unspecified atom stereocenters. The van der Waals surface area contributed by atoms with E-state index in [-0.39, 0.29) is 0 Å². The van der Waals surface area contributed by atoms with E-state index in [1.165, 1.54) is 0 Å². The van der Waals surface area contributed by atoms with Gasteiger partial charge in [0.15, 0.2) is 0 Å². The molecule has 8 heteroatoms. The molecule has 53 heavy (non-hydrogen) atoms. The second-order valence-corrected chi connectivity index (χ2v) is 22.6. The van der Waals surface area contributed by atoms with Crippen LogP contribution < -0.4 is 31.8 Å². The molecule has 0 aliphatic carbocycles. The molecule has 6 aromatic carbocycles. The number of benzene rings is 6. The minimum atomic E-state index is -4.00. The van der Waals surface area contributed by atoms with Gasteiger partial charge >= 0.3 is 313 Å². The molecule has 0 aliphatic rings. The van der Waals surface area contributed by atoms with E-state index in [0.717, 1.165) is 63.9 Å². The van der Waals surface area contributed by atoms with Crippen molar-refractivity contribution in [3.05, 3.63) is 182 Å². The zero-order valence-corrected chi connectivity index (χ0v) is 31.5. The Morgan fingerprint density at radius 2 is 0.528 bits per heavy atom. The summed E-state index contributed by atoms with van der Waals surface area (Å²) in [6.45, 7) is -8.01. The van der Waals surface area contributed by atoms with Crippen LogP contribution in [0.3, 0.4) is 0 Å². The average Bonchev–Trinajstić information content (AvgIpc) is 3.21. The van der Waals surface area contributed by atoms with Gasteiger partial charge in [0, 0.05) is 0 Å². The average molecular weight is 745 g/mol. The SMILES string of the molecule is O=C(O)OP(CCCCCCCP(OC(=O)O)(c1ccccc1)(c1ccccc1)c1ccccc1)(c1ccccc1)(c1ccccc1)c1ccccc1. The summed E-state index contributed by atoms with van der Waals surface area (Å²) in [5.41, 5.74) is 0. The Morgan fingerprint density at radius 3 is 0.717 bits per heavy atom. The Bertz CT molecular complexity index is 1730. The molecule has 0 amide bonds. The van der Waals surface area contributed by atoms with Crippen molar-refractivity contribution in [1.29, 1.82) is 0 Å². The van der Waals surface area contributed by atoms with Crippen LogP contribution >= 0.6 is 13.7 Å². The normalized spacial score (nSPS) is 13.1. The number of carbonyl (C=O) groups is 2. The topological polar surface area (TPSA) is 93.1 Å². The molecule has 0 aromatic heterocycles. The fraction of sp³-hybridized carbons (Fsp3) is 0.156. The van der Waals surface area contributed by atoms with Crippen LogP contribution in [-0.2, 0) is 9.05 Å². The number of hydrogen-bond donors (Lipinski definition) is 2. The van der Waals surface area contributed by atoms with Crippen LogP contribution in [0.25, 0.3) is 0 Å². The molecule has 0 atom stereocenters. The van der Waals surface area contributed by atoms with Crippen molar-refractivity contribution in [2.45, 2.75) is 32.1 Å². The van der Waals surface area contributed by atoms with Gasteiger partial charge in [-0.3, -0.25) is 0 Å². The number of unbranched alkanes of at least 4 members (excludes halogenated alkanes) is 4. The molecule has 2 N–H and O–H groups in total. The van der Waals surface area contributed by atoms with Crippen LogP contribution in [0.2, 0.25) is 0 Å². The van der Waals surface area contributed by atoms with Crippen molar-refractivity contribution in [1.82, 2.24) is 0 Å². The van der Waals surface area contributed by atoms with E-state index < -0.39 is 26.0 Å². The molecular weight excluding hydrogens is 698 g/mol. The molecule has 6 aromatic rings. The zero-order chi connectivity index (χ0) is 37.1. The summed E-state index contributed by atoms with van der Waals surface area (Å²) in [5, 5.41) is 26.2. The first-order chi connectivity index (χ1) is 25.8. The van der Waals surface area contributed by atoms with Crippen molar-refractivity contribution in [3.8, 4) is 0 Å². The monoisotopic (exact) mass is 744 g/mol. The van der Waals surface area contributed by atoms with E-state index in [1.54, 1.807) is 0 Å². The Kier molecular flexibility index (Phi) is 11.4. The van der Waals surface area contributed by atoms with Gasteiger partial charge in [0.2, 0.25) is 0 Å². The van der Waals surface area contributed by atoms with Gasteiger partial charge in [0.1, 0.15) is 0 Å². The first kappa shape index (κ1) is 37.5. The van der Waals surface area contributed by atoms with Crippen LogP contribution in [-0.4, -0.2) is 34.8 Å². The number of rotatable bonds is 16.